The number of amidine groups is 1. The van der Waals surface area contributed by atoms with Crippen molar-refractivity contribution in [3.05, 3.63) is 59.2 Å². The average Bonchev–Trinajstić information content (AvgIpc) is 3.27. The molecule has 2 heterocycles. The second-order valence-corrected chi connectivity index (χ2v) is 7.05. The molecule has 0 saturated carbocycles. The van der Waals surface area contributed by atoms with Crippen LogP contribution in [0.15, 0.2) is 47.6 Å². The number of ether oxygens (including phenoxy) is 2. The van der Waals surface area contributed by atoms with E-state index >= 15 is 0 Å². The number of fused-ring (bicyclic) bond motifs is 1. The van der Waals surface area contributed by atoms with Gasteiger partial charge in [-0.2, -0.15) is 0 Å². The molecule has 27 heavy (non-hydrogen) atoms. The summed E-state index contributed by atoms with van der Waals surface area (Å²) in [6.45, 7) is 2.41. The summed E-state index contributed by atoms with van der Waals surface area (Å²) in [5, 5.41) is 4.64. The minimum Gasteiger partial charge on any atom is -0.454 e. The third kappa shape index (κ3) is 3.61. The van der Waals surface area contributed by atoms with E-state index in [-0.39, 0.29) is 18.6 Å². The van der Waals surface area contributed by atoms with E-state index in [0.29, 0.717) is 34.5 Å². The van der Waals surface area contributed by atoms with Crippen LogP contribution in [-0.2, 0) is 11.3 Å². The first-order chi connectivity index (χ1) is 13.1. The molecular formula is C19H17N3O4S. The molecule has 2 aliphatic heterocycles. The van der Waals surface area contributed by atoms with Gasteiger partial charge < -0.3 is 9.47 Å². The van der Waals surface area contributed by atoms with Crippen molar-refractivity contribution in [3.63, 3.8) is 0 Å². The molecule has 2 aromatic carbocycles. The smallest absolute Gasteiger partial charge is 0.271 e. The molecule has 4 rings (SSSR count). The van der Waals surface area contributed by atoms with Crippen LogP contribution in [0.5, 0.6) is 11.5 Å². The highest BCUT2D eigenvalue weighted by Gasteiger charge is 2.29. The highest BCUT2D eigenvalue weighted by atomic mass is 32.2. The Morgan fingerprint density at radius 2 is 2.04 bits per heavy atom. The molecule has 1 N–H and O–H groups in total. The van der Waals surface area contributed by atoms with Crippen LogP contribution in [0.25, 0.3) is 0 Å². The van der Waals surface area contributed by atoms with Gasteiger partial charge in [0.05, 0.1) is 12.3 Å². The summed E-state index contributed by atoms with van der Waals surface area (Å²) in [4.78, 5) is 26.1. The lowest BCUT2D eigenvalue weighted by molar-refractivity contribution is -0.124. The van der Waals surface area contributed by atoms with E-state index in [0.717, 1.165) is 11.1 Å². The van der Waals surface area contributed by atoms with Gasteiger partial charge in [-0.15, -0.1) is 5.10 Å². The number of benzene rings is 2. The fourth-order valence-electron chi connectivity index (χ4n) is 2.85. The number of carbonyl (C=O) groups excluding carboxylic acids is 2. The first-order valence-corrected chi connectivity index (χ1v) is 9.36. The molecule has 2 amide bonds. The van der Waals surface area contributed by atoms with Gasteiger partial charge in [-0.05, 0) is 36.2 Å². The predicted octanol–water partition coefficient (Wildman–Crippen LogP) is 2.50. The number of hydrogen-bond acceptors (Lipinski definition) is 6. The second kappa shape index (κ2) is 7.32. The minimum absolute atomic E-state index is 0.0541. The van der Waals surface area contributed by atoms with Gasteiger partial charge in [0.2, 0.25) is 12.7 Å². The molecule has 0 atom stereocenters. The predicted molar refractivity (Wildman–Crippen MR) is 102 cm³/mol. The SMILES string of the molecule is Cc1ccccc1C(=O)N/N=C1\SCC(=O)N1Cc1ccc2c(c1)OCO2. The number of nitrogens with one attached hydrogen (secondary N) is 1. The van der Waals surface area contributed by atoms with Crippen LogP contribution in [0.4, 0.5) is 0 Å². The van der Waals surface area contributed by atoms with Gasteiger partial charge in [0.1, 0.15) is 0 Å². The monoisotopic (exact) mass is 383 g/mol. The lowest BCUT2D eigenvalue weighted by Crippen LogP contribution is -2.31. The van der Waals surface area contributed by atoms with Gasteiger partial charge in [-0.1, -0.05) is 36.0 Å². The Bertz CT molecular complexity index is 944. The maximum atomic E-state index is 12.3. The molecule has 0 unspecified atom stereocenters. The molecule has 0 spiro atoms. The Balaban J connectivity index is 1.49. The van der Waals surface area contributed by atoms with Gasteiger partial charge in [0.15, 0.2) is 16.7 Å². The Morgan fingerprint density at radius 3 is 2.89 bits per heavy atom. The van der Waals surface area contributed by atoms with Crippen LogP contribution in [-0.4, -0.2) is 34.4 Å². The molecule has 1 fully saturated rings. The molecule has 2 aliphatic rings. The van der Waals surface area contributed by atoms with E-state index in [1.807, 2.05) is 37.3 Å². The molecule has 0 bridgehead atoms. The summed E-state index contributed by atoms with van der Waals surface area (Å²) in [5.41, 5.74) is 4.86. The van der Waals surface area contributed by atoms with Crippen molar-refractivity contribution >= 4 is 28.7 Å². The molecule has 0 radical (unpaired) electrons. The van der Waals surface area contributed by atoms with Gasteiger partial charge in [0.25, 0.3) is 5.91 Å². The van der Waals surface area contributed by atoms with E-state index in [1.165, 1.54) is 11.8 Å². The average molecular weight is 383 g/mol. The fourth-order valence-corrected chi connectivity index (χ4v) is 3.69. The summed E-state index contributed by atoms with van der Waals surface area (Å²) < 4.78 is 10.7. The van der Waals surface area contributed by atoms with Crippen LogP contribution in [0.3, 0.4) is 0 Å². The summed E-state index contributed by atoms with van der Waals surface area (Å²) in [7, 11) is 0. The fraction of sp³-hybridized carbons (Fsp3) is 0.211. The largest absolute Gasteiger partial charge is 0.454 e. The Labute approximate surface area is 160 Å². The van der Waals surface area contributed by atoms with Crippen LogP contribution < -0.4 is 14.9 Å². The molecule has 2 aromatic rings. The summed E-state index contributed by atoms with van der Waals surface area (Å²) >= 11 is 1.30. The van der Waals surface area contributed by atoms with Crippen molar-refractivity contribution in [2.45, 2.75) is 13.5 Å². The number of nitrogens with zero attached hydrogens (tertiary/aromatic N) is 2. The zero-order chi connectivity index (χ0) is 18.8. The standard InChI is InChI=1S/C19H17N3O4S/c1-12-4-2-3-5-14(12)18(24)20-21-19-22(17(23)10-27-19)9-13-6-7-15-16(8-13)26-11-25-15/h2-8H,9-11H2,1H3,(H,20,24)/b21-19-. The van der Waals surface area contributed by atoms with E-state index in [4.69, 9.17) is 9.47 Å². The minimum atomic E-state index is -0.302. The third-order valence-corrected chi connectivity index (χ3v) is 5.24. The summed E-state index contributed by atoms with van der Waals surface area (Å²) in [6.07, 6.45) is 0. The van der Waals surface area contributed by atoms with Gasteiger partial charge in [-0.3, -0.25) is 14.5 Å². The zero-order valence-electron chi connectivity index (χ0n) is 14.6. The number of amides is 2. The number of thioether (sulfide) groups is 1. The van der Waals surface area contributed by atoms with Crippen molar-refractivity contribution in [3.8, 4) is 11.5 Å². The maximum absolute atomic E-state index is 12.3. The molecule has 7 nitrogen and oxygen atoms in total. The van der Waals surface area contributed by atoms with E-state index in [1.54, 1.807) is 17.0 Å². The van der Waals surface area contributed by atoms with Gasteiger partial charge in [-0.25, -0.2) is 5.43 Å². The van der Waals surface area contributed by atoms with Crippen LogP contribution >= 0.6 is 11.8 Å². The molecular weight excluding hydrogens is 366 g/mol. The molecule has 8 heteroatoms. The van der Waals surface area contributed by atoms with E-state index in [9.17, 15) is 9.59 Å². The van der Waals surface area contributed by atoms with Crippen molar-refractivity contribution < 1.29 is 19.1 Å². The lowest BCUT2D eigenvalue weighted by Gasteiger charge is -2.16. The Morgan fingerprint density at radius 1 is 1.22 bits per heavy atom. The van der Waals surface area contributed by atoms with Crippen molar-refractivity contribution in [2.75, 3.05) is 12.5 Å². The van der Waals surface area contributed by atoms with E-state index < -0.39 is 0 Å². The molecule has 0 aliphatic carbocycles. The first-order valence-electron chi connectivity index (χ1n) is 8.37. The number of hydrogen-bond donors (Lipinski definition) is 1. The van der Waals surface area contributed by atoms with Crippen LogP contribution in [0.1, 0.15) is 21.5 Å². The highest BCUT2D eigenvalue weighted by molar-refractivity contribution is 8.15. The Kier molecular flexibility index (Phi) is 4.72. The summed E-state index contributed by atoms with van der Waals surface area (Å²) in [6, 6.07) is 12.8. The number of carbonyl (C=O) groups is 2. The molecule has 0 aromatic heterocycles. The number of aryl methyl sites for hydroxylation is 1. The van der Waals surface area contributed by atoms with Crippen molar-refractivity contribution in [1.82, 2.24) is 10.3 Å². The second-order valence-electron chi connectivity index (χ2n) is 6.11. The molecule has 1 saturated heterocycles. The number of hydrazone groups is 1. The first kappa shape index (κ1) is 17.4. The zero-order valence-corrected chi connectivity index (χ0v) is 15.4. The van der Waals surface area contributed by atoms with Crippen molar-refractivity contribution in [1.29, 1.82) is 0 Å². The highest BCUT2D eigenvalue weighted by Crippen LogP contribution is 2.33. The van der Waals surface area contributed by atoms with Gasteiger partial charge in [0, 0.05) is 5.56 Å². The van der Waals surface area contributed by atoms with Crippen LogP contribution in [0.2, 0.25) is 0 Å². The third-order valence-electron chi connectivity index (χ3n) is 4.28. The maximum Gasteiger partial charge on any atom is 0.271 e. The van der Waals surface area contributed by atoms with E-state index in [2.05, 4.69) is 10.5 Å². The van der Waals surface area contributed by atoms with Crippen LogP contribution in [0, 0.1) is 6.92 Å². The molecule has 138 valence electrons. The quantitative estimate of drug-likeness (QED) is 0.821. The lowest BCUT2D eigenvalue weighted by atomic mass is 10.1. The summed E-state index contributed by atoms with van der Waals surface area (Å²) in [5.74, 6) is 1.30. The number of rotatable bonds is 4. The Hall–Kier alpha value is -3.00. The normalized spacial score (nSPS) is 16.9. The van der Waals surface area contributed by atoms with Crippen molar-refractivity contribution in [2.24, 2.45) is 5.10 Å². The van der Waals surface area contributed by atoms with Gasteiger partial charge >= 0.3 is 0 Å². The topological polar surface area (TPSA) is 80.2 Å².